The van der Waals surface area contributed by atoms with Crippen LogP contribution in [-0.2, 0) is 6.42 Å². The molecule has 4 heteroatoms. The van der Waals surface area contributed by atoms with Crippen LogP contribution in [0.1, 0.15) is 24.0 Å². The van der Waals surface area contributed by atoms with Gasteiger partial charge in [-0.2, -0.15) is 11.8 Å². The van der Waals surface area contributed by atoms with E-state index in [4.69, 9.17) is 9.94 Å². The summed E-state index contributed by atoms with van der Waals surface area (Å²) in [6.07, 6.45) is 4.94. The largest absolute Gasteiger partial charge is 0.492 e. The molecule has 92 valence electrons. The SMILES string of the molecule is CSCCOc1cccc2c1CCC/C2=N\O. The molecule has 17 heavy (non-hydrogen) atoms. The second-order valence-corrected chi connectivity index (χ2v) is 5.01. The molecular weight excluding hydrogens is 234 g/mol. The summed E-state index contributed by atoms with van der Waals surface area (Å²) < 4.78 is 5.78. The minimum absolute atomic E-state index is 0.725. The van der Waals surface area contributed by atoms with Crippen molar-refractivity contribution in [3.63, 3.8) is 0 Å². The first-order valence-corrected chi connectivity index (χ1v) is 7.21. The van der Waals surface area contributed by atoms with Gasteiger partial charge in [-0.3, -0.25) is 0 Å². The van der Waals surface area contributed by atoms with Crippen molar-refractivity contribution in [2.24, 2.45) is 5.16 Å². The van der Waals surface area contributed by atoms with E-state index in [1.54, 1.807) is 11.8 Å². The van der Waals surface area contributed by atoms with Gasteiger partial charge in [-0.25, -0.2) is 0 Å². The Labute approximate surface area is 106 Å². The van der Waals surface area contributed by atoms with Gasteiger partial charge >= 0.3 is 0 Å². The molecule has 0 unspecified atom stereocenters. The molecule has 2 rings (SSSR count). The van der Waals surface area contributed by atoms with Gasteiger partial charge in [0.2, 0.25) is 0 Å². The van der Waals surface area contributed by atoms with Gasteiger partial charge in [0.25, 0.3) is 0 Å². The van der Waals surface area contributed by atoms with E-state index in [0.717, 1.165) is 48.6 Å². The fourth-order valence-corrected chi connectivity index (χ4v) is 2.39. The van der Waals surface area contributed by atoms with Crippen LogP contribution in [0.15, 0.2) is 23.4 Å². The summed E-state index contributed by atoms with van der Waals surface area (Å²) in [4.78, 5) is 0. The van der Waals surface area contributed by atoms with E-state index in [0.29, 0.717) is 0 Å². The summed E-state index contributed by atoms with van der Waals surface area (Å²) in [5, 5.41) is 12.4. The van der Waals surface area contributed by atoms with Gasteiger partial charge in [0.1, 0.15) is 5.75 Å². The Morgan fingerprint density at radius 1 is 1.41 bits per heavy atom. The van der Waals surface area contributed by atoms with Crippen LogP contribution in [0.3, 0.4) is 0 Å². The second-order valence-electron chi connectivity index (χ2n) is 4.02. The Kier molecular flexibility index (Phi) is 4.31. The van der Waals surface area contributed by atoms with Crippen molar-refractivity contribution in [3.8, 4) is 5.75 Å². The zero-order valence-corrected chi connectivity index (χ0v) is 10.8. The predicted molar refractivity (Wildman–Crippen MR) is 71.6 cm³/mol. The van der Waals surface area contributed by atoms with Crippen LogP contribution in [0.4, 0.5) is 0 Å². The lowest BCUT2D eigenvalue weighted by atomic mass is 9.89. The van der Waals surface area contributed by atoms with Crippen molar-refractivity contribution in [2.75, 3.05) is 18.6 Å². The molecular formula is C13H17NO2S. The van der Waals surface area contributed by atoms with Crippen LogP contribution in [0.2, 0.25) is 0 Å². The lowest BCUT2D eigenvalue weighted by molar-refractivity contribution is 0.317. The van der Waals surface area contributed by atoms with E-state index in [-0.39, 0.29) is 0 Å². The molecule has 0 saturated carbocycles. The Balaban J connectivity index is 2.23. The molecule has 0 spiro atoms. The van der Waals surface area contributed by atoms with Crippen LogP contribution in [0, 0.1) is 0 Å². The number of nitrogens with zero attached hydrogens (tertiary/aromatic N) is 1. The molecule has 0 fully saturated rings. The van der Waals surface area contributed by atoms with Gasteiger partial charge in [0.15, 0.2) is 0 Å². The first-order valence-electron chi connectivity index (χ1n) is 5.81. The van der Waals surface area contributed by atoms with Crippen LogP contribution in [-0.4, -0.2) is 29.5 Å². The van der Waals surface area contributed by atoms with Crippen LogP contribution >= 0.6 is 11.8 Å². The minimum Gasteiger partial charge on any atom is -0.492 e. The normalized spacial score (nSPS) is 16.9. The predicted octanol–water partition coefficient (Wildman–Crippen LogP) is 2.94. The van der Waals surface area contributed by atoms with Crippen molar-refractivity contribution >= 4 is 17.5 Å². The summed E-state index contributed by atoms with van der Waals surface area (Å²) in [5.41, 5.74) is 3.01. The van der Waals surface area contributed by atoms with Gasteiger partial charge < -0.3 is 9.94 Å². The minimum atomic E-state index is 0.725. The Bertz CT molecular complexity index is 418. The number of ether oxygens (including phenoxy) is 1. The van der Waals surface area contributed by atoms with Gasteiger partial charge in [-0.1, -0.05) is 17.3 Å². The fourth-order valence-electron chi connectivity index (χ4n) is 2.14. The third-order valence-electron chi connectivity index (χ3n) is 2.95. The standard InChI is InChI=1S/C13H17NO2S/c1-17-9-8-16-13-7-3-4-10-11(13)5-2-6-12(10)14-15/h3-4,7,15H,2,5-6,8-9H2,1H3/b14-12+. The van der Waals surface area contributed by atoms with Gasteiger partial charge in [0, 0.05) is 16.9 Å². The molecule has 1 aliphatic carbocycles. The van der Waals surface area contributed by atoms with Crippen LogP contribution in [0.25, 0.3) is 0 Å². The highest BCUT2D eigenvalue weighted by atomic mass is 32.2. The molecule has 3 nitrogen and oxygen atoms in total. The van der Waals surface area contributed by atoms with Crippen LogP contribution < -0.4 is 4.74 Å². The molecule has 1 aromatic carbocycles. The number of benzene rings is 1. The Morgan fingerprint density at radius 2 is 2.29 bits per heavy atom. The first kappa shape index (κ1) is 12.3. The zero-order valence-electron chi connectivity index (χ0n) is 9.98. The average Bonchev–Trinajstić information content (AvgIpc) is 2.38. The molecule has 0 amide bonds. The average molecular weight is 251 g/mol. The van der Waals surface area contributed by atoms with Crippen molar-refractivity contribution in [1.29, 1.82) is 0 Å². The number of fused-ring (bicyclic) bond motifs is 1. The maximum absolute atomic E-state index is 8.99. The molecule has 0 heterocycles. The zero-order chi connectivity index (χ0) is 12.1. The highest BCUT2D eigenvalue weighted by Crippen LogP contribution is 2.29. The molecule has 0 bridgehead atoms. The Morgan fingerprint density at radius 3 is 3.06 bits per heavy atom. The summed E-state index contributed by atoms with van der Waals surface area (Å²) >= 11 is 1.77. The van der Waals surface area contributed by atoms with Crippen molar-refractivity contribution in [2.45, 2.75) is 19.3 Å². The monoisotopic (exact) mass is 251 g/mol. The quantitative estimate of drug-likeness (QED) is 0.508. The molecule has 0 radical (unpaired) electrons. The first-order chi connectivity index (χ1) is 8.36. The third-order valence-corrected chi connectivity index (χ3v) is 3.52. The van der Waals surface area contributed by atoms with Gasteiger partial charge in [0.05, 0.1) is 12.3 Å². The summed E-state index contributed by atoms with van der Waals surface area (Å²) in [7, 11) is 0. The molecule has 1 aliphatic rings. The maximum atomic E-state index is 8.99. The fraction of sp³-hybridized carbons (Fsp3) is 0.462. The molecule has 0 saturated heterocycles. The van der Waals surface area contributed by atoms with E-state index in [9.17, 15) is 0 Å². The van der Waals surface area contributed by atoms with E-state index in [1.165, 1.54) is 5.56 Å². The summed E-state index contributed by atoms with van der Waals surface area (Å²) in [6, 6.07) is 5.97. The van der Waals surface area contributed by atoms with Gasteiger partial charge in [-0.05, 0) is 31.6 Å². The number of hydrogen-bond acceptors (Lipinski definition) is 4. The summed E-state index contributed by atoms with van der Waals surface area (Å²) in [5.74, 6) is 1.93. The van der Waals surface area contributed by atoms with Crippen molar-refractivity contribution < 1.29 is 9.94 Å². The summed E-state index contributed by atoms with van der Waals surface area (Å²) in [6.45, 7) is 0.725. The third kappa shape index (κ3) is 2.75. The highest BCUT2D eigenvalue weighted by molar-refractivity contribution is 7.98. The molecule has 1 aromatic rings. The van der Waals surface area contributed by atoms with E-state index < -0.39 is 0 Å². The molecule has 0 aromatic heterocycles. The Hall–Kier alpha value is -1.16. The highest BCUT2D eigenvalue weighted by Gasteiger charge is 2.19. The molecule has 1 N–H and O–H groups in total. The second kappa shape index (κ2) is 5.96. The maximum Gasteiger partial charge on any atom is 0.123 e. The van der Waals surface area contributed by atoms with Crippen LogP contribution in [0.5, 0.6) is 5.75 Å². The number of rotatable bonds is 4. The molecule has 0 atom stereocenters. The number of thioether (sulfide) groups is 1. The van der Waals surface area contributed by atoms with Crippen molar-refractivity contribution in [3.05, 3.63) is 29.3 Å². The molecule has 0 aliphatic heterocycles. The smallest absolute Gasteiger partial charge is 0.123 e. The lowest BCUT2D eigenvalue weighted by Crippen LogP contribution is -2.14. The lowest BCUT2D eigenvalue weighted by Gasteiger charge is -2.20. The topological polar surface area (TPSA) is 41.8 Å². The van der Waals surface area contributed by atoms with E-state index >= 15 is 0 Å². The van der Waals surface area contributed by atoms with E-state index in [1.807, 2.05) is 18.2 Å². The number of oxime groups is 1. The van der Waals surface area contributed by atoms with Gasteiger partial charge in [-0.15, -0.1) is 0 Å². The van der Waals surface area contributed by atoms with Crippen molar-refractivity contribution in [1.82, 2.24) is 0 Å². The van der Waals surface area contributed by atoms with E-state index in [2.05, 4.69) is 11.4 Å². The number of hydrogen-bond donors (Lipinski definition) is 1.